The second-order valence-electron chi connectivity index (χ2n) is 7.04. The van der Waals surface area contributed by atoms with Crippen molar-refractivity contribution in [2.75, 3.05) is 5.43 Å². The van der Waals surface area contributed by atoms with E-state index in [2.05, 4.69) is 36.4 Å². The number of anilines is 1. The highest BCUT2D eigenvalue weighted by molar-refractivity contribution is 9.10. The van der Waals surface area contributed by atoms with Crippen molar-refractivity contribution >= 4 is 39.3 Å². The van der Waals surface area contributed by atoms with Gasteiger partial charge in [0.2, 0.25) is 5.95 Å². The zero-order chi connectivity index (χ0) is 22.8. The van der Waals surface area contributed by atoms with Gasteiger partial charge < -0.3 is 10.2 Å². The summed E-state index contributed by atoms with van der Waals surface area (Å²) in [4.78, 5) is 31.2. The second kappa shape index (κ2) is 8.81. The van der Waals surface area contributed by atoms with Gasteiger partial charge in [0, 0.05) is 17.1 Å². The molecule has 0 aliphatic carbocycles. The number of aromatic hydroxyl groups is 1. The molecule has 0 bridgehead atoms. The maximum atomic E-state index is 12.6. The number of fused-ring (bicyclic) bond motifs is 1. The van der Waals surface area contributed by atoms with Gasteiger partial charge in [0.25, 0.3) is 5.56 Å². The van der Waals surface area contributed by atoms with Crippen molar-refractivity contribution < 1.29 is 10.2 Å². The first-order valence-corrected chi connectivity index (χ1v) is 10.3. The second-order valence-corrected chi connectivity index (χ2v) is 7.95. The van der Waals surface area contributed by atoms with Gasteiger partial charge in [0.1, 0.15) is 5.75 Å². The lowest BCUT2D eigenvalue weighted by Crippen LogP contribution is -2.29. The van der Waals surface area contributed by atoms with Crippen LogP contribution in [0.5, 0.6) is 5.75 Å². The number of aliphatic hydroxyl groups is 1. The lowest BCUT2D eigenvalue weighted by molar-refractivity contribution is 0.158. The summed E-state index contributed by atoms with van der Waals surface area (Å²) in [6.07, 6.45) is 0.449. The van der Waals surface area contributed by atoms with Gasteiger partial charge in [-0.15, -0.1) is 0 Å². The van der Waals surface area contributed by atoms with Crippen molar-refractivity contribution in [3.05, 3.63) is 85.0 Å². The van der Waals surface area contributed by atoms with Crippen molar-refractivity contribution in [2.24, 2.45) is 12.1 Å². The molecule has 0 saturated heterocycles. The van der Waals surface area contributed by atoms with E-state index in [0.717, 1.165) is 4.47 Å². The molecule has 2 heterocycles. The molecule has 0 aliphatic heterocycles. The number of imidazole rings is 1. The molecule has 164 valence electrons. The summed E-state index contributed by atoms with van der Waals surface area (Å²) in [5, 5.41) is 24.8. The average molecular weight is 499 g/mol. The van der Waals surface area contributed by atoms with Gasteiger partial charge in [-0.1, -0.05) is 46.3 Å². The van der Waals surface area contributed by atoms with Gasteiger partial charge in [-0.05, 0) is 23.8 Å². The molecule has 2 aromatic heterocycles. The third kappa shape index (κ3) is 4.20. The molecule has 1 atom stereocenters. The van der Waals surface area contributed by atoms with Gasteiger partial charge >= 0.3 is 5.69 Å². The quantitative estimate of drug-likeness (QED) is 0.237. The normalized spacial score (nSPS) is 12.5. The number of aliphatic hydroxyl groups excluding tert-OH is 1. The first-order chi connectivity index (χ1) is 15.3. The van der Waals surface area contributed by atoms with Gasteiger partial charge in [-0.25, -0.2) is 10.2 Å². The van der Waals surface area contributed by atoms with E-state index in [1.165, 1.54) is 28.5 Å². The first kappa shape index (κ1) is 21.5. The highest BCUT2D eigenvalue weighted by Crippen LogP contribution is 2.22. The van der Waals surface area contributed by atoms with Crippen LogP contribution in [0.4, 0.5) is 5.95 Å². The Morgan fingerprint density at radius 2 is 2.00 bits per heavy atom. The molecule has 1 unspecified atom stereocenters. The van der Waals surface area contributed by atoms with E-state index in [4.69, 9.17) is 0 Å². The Labute approximate surface area is 189 Å². The van der Waals surface area contributed by atoms with E-state index in [9.17, 15) is 19.8 Å². The number of phenols is 1. The molecule has 4 aromatic rings. The van der Waals surface area contributed by atoms with Crippen molar-refractivity contribution in [1.29, 1.82) is 0 Å². The predicted octanol–water partition coefficient (Wildman–Crippen LogP) is 2.07. The summed E-state index contributed by atoms with van der Waals surface area (Å²) < 4.78 is 3.43. The Kier molecular flexibility index (Phi) is 5.93. The number of aryl methyl sites for hydroxylation is 1. The summed E-state index contributed by atoms with van der Waals surface area (Å²) in [5.41, 5.74) is 2.87. The van der Waals surface area contributed by atoms with Crippen LogP contribution in [0.25, 0.3) is 11.2 Å². The van der Waals surface area contributed by atoms with Crippen LogP contribution in [0, 0.1) is 0 Å². The molecular weight excluding hydrogens is 480 g/mol. The molecule has 10 nitrogen and oxygen atoms in total. The Hall–Kier alpha value is -3.70. The van der Waals surface area contributed by atoms with Crippen LogP contribution in [0.1, 0.15) is 17.2 Å². The number of hydrazone groups is 1. The smallest absolute Gasteiger partial charge is 0.329 e. The third-order valence-corrected chi connectivity index (χ3v) is 5.40. The molecule has 0 saturated carbocycles. The maximum Gasteiger partial charge on any atom is 0.329 e. The predicted molar refractivity (Wildman–Crippen MR) is 124 cm³/mol. The standard InChI is InChI=1S/C21H19BrN6O4/c1-27-18-17(19(31)25-21(27)32)28(11-16(30)12-5-3-2-4-6-12)20(24-18)26-23-10-13-9-14(22)7-8-15(13)29/h2-10,16,29-30H,11H2,1H3,(H,24,26)(H,25,31,32)/b23-10+. The fourth-order valence-electron chi connectivity index (χ4n) is 3.24. The van der Waals surface area contributed by atoms with Crippen LogP contribution < -0.4 is 16.7 Å². The summed E-state index contributed by atoms with van der Waals surface area (Å²) in [7, 11) is 1.48. The van der Waals surface area contributed by atoms with Crippen LogP contribution in [0.3, 0.4) is 0 Å². The number of rotatable bonds is 6. The van der Waals surface area contributed by atoms with Crippen LogP contribution in [-0.2, 0) is 13.6 Å². The van der Waals surface area contributed by atoms with E-state index in [-0.39, 0.29) is 29.4 Å². The highest BCUT2D eigenvalue weighted by Gasteiger charge is 2.20. The number of H-pyrrole nitrogens is 1. The molecule has 4 rings (SSSR count). The number of phenolic OH excluding ortho intramolecular Hbond substituents is 1. The van der Waals surface area contributed by atoms with Crippen molar-refractivity contribution in [3.8, 4) is 5.75 Å². The maximum absolute atomic E-state index is 12.6. The SMILES string of the molecule is Cn1c(=O)[nH]c(=O)c2c1nc(N/N=C/c1cc(Br)ccc1O)n2CC(O)c1ccccc1. The molecule has 0 aliphatic rings. The molecule has 2 aromatic carbocycles. The number of nitrogens with one attached hydrogen (secondary N) is 2. The number of aromatic nitrogens is 4. The lowest BCUT2D eigenvalue weighted by Gasteiger charge is -2.14. The molecule has 4 N–H and O–H groups in total. The Morgan fingerprint density at radius 3 is 2.75 bits per heavy atom. The fourth-order valence-corrected chi connectivity index (χ4v) is 3.62. The average Bonchev–Trinajstić information content (AvgIpc) is 3.14. The fraction of sp³-hybridized carbons (Fsp3) is 0.143. The van der Waals surface area contributed by atoms with E-state index < -0.39 is 17.4 Å². The van der Waals surface area contributed by atoms with Crippen molar-refractivity contribution in [1.82, 2.24) is 19.1 Å². The molecule has 0 fully saturated rings. The van der Waals surface area contributed by atoms with E-state index in [1.54, 1.807) is 36.4 Å². The van der Waals surface area contributed by atoms with E-state index in [0.29, 0.717) is 11.1 Å². The topological polar surface area (TPSA) is 138 Å². The first-order valence-electron chi connectivity index (χ1n) is 9.55. The van der Waals surface area contributed by atoms with E-state index >= 15 is 0 Å². The summed E-state index contributed by atoms with van der Waals surface area (Å²) >= 11 is 3.33. The molecule has 0 amide bonds. The zero-order valence-electron chi connectivity index (χ0n) is 16.9. The number of halogens is 1. The third-order valence-electron chi connectivity index (χ3n) is 4.90. The minimum atomic E-state index is -0.941. The molecular formula is C21H19BrN6O4. The van der Waals surface area contributed by atoms with Gasteiger partial charge in [0.15, 0.2) is 11.2 Å². The van der Waals surface area contributed by atoms with Crippen LogP contribution in [0.2, 0.25) is 0 Å². The van der Waals surface area contributed by atoms with Crippen molar-refractivity contribution in [3.63, 3.8) is 0 Å². The zero-order valence-corrected chi connectivity index (χ0v) is 18.4. The molecule has 32 heavy (non-hydrogen) atoms. The lowest BCUT2D eigenvalue weighted by atomic mass is 10.1. The molecule has 0 spiro atoms. The van der Waals surface area contributed by atoms with Gasteiger partial charge in [-0.3, -0.25) is 18.9 Å². The van der Waals surface area contributed by atoms with Gasteiger partial charge in [-0.2, -0.15) is 10.1 Å². The Balaban J connectivity index is 1.76. The van der Waals surface area contributed by atoms with E-state index in [1.807, 2.05) is 6.07 Å². The van der Waals surface area contributed by atoms with Crippen molar-refractivity contribution in [2.45, 2.75) is 12.6 Å². The minimum absolute atomic E-state index is 0.0121. The molecule has 0 radical (unpaired) electrons. The monoisotopic (exact) mass is 498 g/mol. The highest BCUT2D eigenvalue weighted by atomic mass is 79.9. The van der Waals surface area contributed by atoms with Crippen LogP contribution in [-0.4, -0.2) is 35.5 Å². The molecule has 11 heteroatoms. The summed E-state index contributed by atoms with van der Waals surface area (Å²) in [5.74, 6) is 0.179. The van der Waals surface area contributed by atoms with Crippen LogP contribution >= 0.6 is 15.9 Å². The number of benzene rings is 2. The largest absolute Gasteiger partial charge is 0.507 e. The van der Waals surface area contributed by atoms with Gasteiger partial charge in [0.05, 0.1) is 18.9 Å². The number of hydrogen-bond acceptors (Lipinski definition) is 7. The minimum Gasteiger partial charge on any atom is -0.507 e. The number of hydrogen-bond donors (Lipinski definition) is 4. The van der Waals surface area contributed by atoms with Crippen LogP contribution in [0.15, 0.2) is 67.7 Å². The summed E-state index contributed by atoms with van der Waals surface area (Å²) in [6, 6.07) is 13.9. The Bertz CT molecular complexity index is 1420. The number of aromatic amines is 1. The Morgan fingerprint density at radius 1 is 1.25 bits per heavy atom. The summed E-state index contributed by atoms with van der Waals surface area (Å²) in [6.45, 7) is -0.0121. The number of nitrogens with zero attached hydrogens (tertiary/aromatic N) is 4.